The average Bonchev–Trinajstić information content (AvgIpc) is 3.21. The number of imidazole rings is 1. The third-order valence-electron chi connectivity index (χ3n) is 4.12. The summed E-state index contributed by atoms with van der Waals surface area (Å²) in [4.78, 5) is 20.2. The Hall–Kier alpha value is -2.67. The van der Waals surface area contributed by atoms with Crippen molar-refractivity contribution in [3.8, 4) is 11.5 Å². The normalized spacial score (nSPS) is 15.8. The Morgan fingerprint density at radius 3 is 2.91 bits per heavy atom. The van der Waals surface area contributed by atoms with E-state index in [9.17, 15) is 4.79 Å². The first kappa shape index (κ1) is 14.0. The van der Waals surface area contributed by atoms with Crippen LogP contribution in [0.3, 0.4) is 0 Å². The second-order valence-corrected chi connectivity index (χ2v) is 5.64. The minimum atomic E-state index is -0.0119. The molecule has 4 rings (SSSR count). The Balaban J connectivity index is 1.59. The van der Waals surface area contributed by atoms with Gasteiger partial charge in [0.25, 0.3) is 0 Å². The molecule has 2 aromatic heterocycles. The smallest absolute Gasteiger partial charge is 0.227 e. The summed E-state index contributed by atoms with van der Waals surface area (Å²) in [5, 5.41) is 9.91. The van der Waals surface area contributed by atoms with Crippen LogP contribution in [0.15, 0.2) is 30.5 Å². The Morgan fingerprint density at radius 1 is 1.26 bits per heavy atom. The monoisotopic (exact) mass is 311 g/mol. The second-order valence-electron chi connectivity index (χ2n) is 5.64. The number of carbonyl (C=O) groups is 1. The number of rotatable bonds is 3. The van der Waals surface area contributed by atoms with Crippen molar-refractivity contribution in [2.45, 2.75) is 12.8 Å². The van der Waals surface area contributed by atoms with Crippen LogP contribution in [0.5, 0.6) is 0 Å². The molecule has 7 heteroatoms. The molecule has 3 aromatic rings. The fourth-order valence-corrected chi connectivity index (χ4v) is 2.83. The van der Waals surface area contributed by atoms with Gasteiger partial charge in [0.15, 0.2) is 5.82 Å². The van der Waals surface area contributed by atoms with Crippen LogP contribution >= 0.6 is 0 Å². The van der Waals surface area contributed by atoms with Crippen molar-refractivity contribution in [2.24, 2.45) is 5.92 Å². The van der Waals surface area contributed by atoms with Crippen LogP contribution in [0, 0.1) is 5.92 Å². The van der Waals surface area contributed by atoms with E-state index in [1.54, 1.807) is 6.20 Å². The molecule has 1 fully saturated rings. The van der Waals surface area contributed by atoms with E-state index >= 15 is 0 Å². The first-order chi connectivity index (χ1) is 11.3. The molecular formula is C16H17N5O2. The lowest BCUT2D eigenvalue weighted by Gasteiger charge is -2.20. The largest absolute Gasteiger partial charge is 0.381 e. The molecule has 1 saturated heterocycles. The van der Waals surface area contributed by atoms with Crippen molar-refractivity contribution in [1.82, 2.24) is 20.2 Å². The van der Waals surface area contributed by atoms with Crippen LogP contribution in [0.2, 0.25) is 0 Å². The Labute approximate surface area is 132 Å². The van der Waals surface area contributed by atoms with Gasteiger partial charge >= 0.3 is 0 Å². The summed E-state index contributed by atoms with van der Waals surface area (Å²) in [6, 6.07) is 7.79. The molecule has 0 aliphatic carbocycles. The zero-order chi connectivity index (χ0) is 15.6. The first-order valence-corrected chi connectivity index (χ1v) is 7.68. The molecule has 0 unspecified atom stereocenters. The molecule has 0 radical (unpaired) electrons. The minimum absolute atomic E-state index is 0.00654. The fourth-order valence-electron chi connectivity index (χ4n) is 2.83. The summed E-state index contributed by atoms with van der Waals surface area (Å²) < 4.78 is 5.30. The van der Waals surface area contributed by atoms with Crippen molar-refractivity contribution >= 4 is 22.6 Å². The number of hydrogen-bond acceptors (Lipinski definition) is 4. The number of ether oxygens (including phenoxy) is 1. The number of H-pyrrole nitrogens is 2. The highest BCUT2D eigenvalue weighted by molar-refractivity contribution is 5.95. The summed E-state index contributed by atoms with van der Waals surface area (Å²) in [5.41, 5.74) is 3.14. The number of aromatic nitrogens is 4. The molecule has 118 valence electrons. The summed E-state index contributed by atoms with van der Waals surface area (Å²) in [7, 11) is 0. The molecule has 0 bridgehead atoms. The van der Waals surface area contributed by atoms with Crippen molar-refractivity contribution in [1.29, 1.82) is 0 Å². The number of anilines is 1. The predicted molar refractivity (Wildman–Crippen MR) is 85.8 cm³/mol. The van der Waals surface area contributed by atoms with Gasteiger partial charge in [0, 0.05) is 19.1 Å². The number of hydrogen-bond donors (Lipinski definition) is 3. The van der Waals surface area contributed by atoms with Gasteiger partial charge in [-0.25, -0.2) is 4.98 Å². The molecule has 3 N–H and O–H groups in total. The van der Waals surface area contributed by atoms with Gasteiger partial charge < -0.3 is 15.0 Å². The molecule has 0 spiro atoms. The Bertz CT molecular complexity index is 799. The fraction of sp³-hybridized carbons (Fsp3) is 0.312. The third-order valence-corrected chi connectivity index (χ3v) is 4.12. The van der Waals surface area contributed by atoms with E-state index in [1.807, 2.05) is 24.3 Å². The Morgan fingerprint density at radius 2 is 2.09 bits per heavy atom. The third kappa shape index (κ3) is 2.70. The van der Waals surface area contributed by atoms with E-state index in [0.717, 1.165) is 23.9 Å². The zero-order valence-corrected chi connectivity index (χ0v) is 12.5. The van der Waals surface area contributed by atoms with Gasteiger partial charge in [-0.2, -0.15) is 5.10 Å². The second kappa shape index (κ2) is 5.85. The van der Waals surface area contributed by atoms with Crippen LogP contribution in [0.4, 0.5) is 5.69 Å². The SMILES string of the molecule is O=C(Nc1cn[nH]c1-c1nc2ccccc2[nH]1)C1CCOCC1. The van der Waals surface area contributed by atoms with Crippen molar-refractivity contribution in [2.75, 3.05) is 18.5 Å². The summed E-state index contributed by atoms with van der Waals surface area (Å²) in [6.45, 7) is 1.28. The lowest BCUT2D eigenvalue weighted by molar-refractivity contribution is -0.122. The maximum Gasteiger partial charge on any atom is 0.227 e. The Kier molecular flexibility index (Phi) is 3.55. The number of benzene rings is 1. The van der Waals surface area contributed by atoms with E-state index in [2.05, 4.69) is 25.5 Å². The molecule has 1 aliphatic rings. The molecule has 1 aromatic carbocycles. The highest BCUT2D eigenvalue weighted by atomic mass is 16.5. The van der Waals surface area contributed by atoms with Gasteiger partial charge in [-0.15, -0.1) is 0 Å². The van der Waals surface area contributed by atoms with E-state index in [-0.39, 0.29) is 11.8 Å². The minimum Gasteiger partial charge on any atom is -0.381 e. The maximum atomic E-state index is 12.4. The number of para-hydroxylation sites is 2. The van der Waals surface area contributed by atoms with Gasteiger partial charge in [0.1, 0.15) is 5.69 Å². The van der Waals surface area contributed by atoms with Crippen LogP contribution in [-0.2, 0) is 9.53 Å². The van der Waals surface area contributed by atoms with Gasteiger partial charge in [0.05, 0.1) is 22.9 Å². The lowest BCUT2D eigenvalue weighted by atomic mass is 9.99. The molecule has 3 heterocycles. The quantitative estimate of drug-likeness (QED) is 0.691. The lowest BCUT2D eigenvalue weighted by Crippen LogP contribution is -2.28. The van der Waals surface area contributed by atoms with Crippen LogP contribution in [-0.4, -0.2) is 39.3 Å². The zero-order valence-electron chi connectivity index (χ0n) is 12.5. The standard InChI is InChI=1S/C16H17N5O2/c22-16(10-5-7-23-8-6-10)20-13-9-17-21-14(13)15-18-11-3-1-2-4-12(11)19-15/h1-4,9-10H,5-8H2,(H,17,21)(H,18,19)(H,20,22). The van der Waals surface area contributed by atoms with Crippen LogP contribution in [0.1, 0.15) is 12.8 Å². The highest BCUT2D eigenvalue weighted by Crippen LogP contribution is 2.26. The topological polar surface area (TPSA) is 95.7 Å². The number of nitrogens with zero attached hydrogens (tertiary/aromatic N) is 2. The predicted octanol–water partition coefficient (Wildman–Crippen LogP) is 2.32. The molecule has 0 atom stereocenters. The maximum absolute atomic E-state index is 12.4. The molecular weight excluding hydrogens is 294 g/mol. The van der Waals surface area contributed by atoms with Gasteiger partial charge in [-0.3, -0.25) is 9.89 Å². The molecule has 23 heavy (non-hydrogen) atoms. The number of nitrogens with one attached hydrogen (secondary N) is 3. The van der Waals surface area contributed by atoms with E-state index in [0.29, 0.717) is 30.4 Å². The van der Waals surface area contributed by atoms with Gasteiger partial charge in [-0.1, -0.05) is 12.1 Å². The summed E-state index contributed by atoms with van der Waals surface area (Å²) in [5.74, 6) is 0.653. The number of amides is 1. The van der Waals surface area contributed by atoms with E-state index in [1.165, 1.54) is 0 Å². The van der Waals surface area contributed by atoms with Crippen LogP contribution in [0.25, 0.3) is 22.6 Å². The molecule has 7 nitrogen and oxygen atoms in total. The summed E-state index contributed by atoms with van der Waals surface area (Å²) >= 11 is 0. The molecule has 1 amide bonds. The highest BCUT2D eigenvalue weighted by Gasteiger charge is 2.23. The van der Waals surface area contributed by atoms with Crippen molar-refractivity contribution in [3.05, 3.63) is 30.5 Å². The van der Waals surface area contributed by atoms with Gasteiger partial charge in [0.2, 0.25) is 5.91 Å². The molecule has 1 aliphatic heterocycles. The van der Waals surface area contributed by atoms with E-state index < -0.39 is 0 Å². The number of fused-ring (bicyclic) bond motifs is 1. The van der Waals surface area contributed by atoms with E-state index in [4.69, 9.17) is 4.74 Å². The van der Waals surface area contributed by atoms with Crippen LogP contribution < -0.4 is 5.32 Å². The average molecular weight is 311 g/mol. The molecule has 0 saturated carbocycles. The van der Waals surface area contributed by atoms with Crippen molar-refractivity contribution in [3.63, 3.8) is 0 Å². The summed E-state index contributed by atoms with van der Waals surface area (Å²) in [6.07, 6.45) is 3.12. The van der Waals surface area contributed by atoms with Crippen molar-refractivity contribution < 1.29 is 9.53 Å². The van der Waals surface area contributed by atoms with Gasteiger partial charge in [-0.05, 0) is 25.0 Å². The number of carbonyl (C=O) groups excluding carboxylic acids is 1. The number of aromatic amines is 2. The first-order valence-electron chi connectivity index (χ1n) is 7.68.